The van der Waals surface area contributed by atoms with E-state index < -0.39 is 0 Å². The third-order valence-electron chi connectivity index (χ3n) is 2.85. The van der Waals surface area contributed by atoms with Crippen LogP contribution in [0, 0.1) is 0 Å². The van der Waals surface area contributed by atoms with Crippen molar-refractivity contribution in [3.63, 3.8) is 0 Å². The minimum Gasteiger partial charge on any atom is -0.373 e. The zero-order chi connectivity index (χ0) is 12.1. The van der Waals surface area contributed by atoms with Crippen LogP contribution in [0.3, 0.4) is 0 Å². The van der Waals surface area contributed by atoms with Crippen molar-refractivity contribution in [1.82, 2.24) is 4.90 Å². The van der Waals surface area contributed by atoms with Crippen molar-refractivity contribution in [3.8, 4) is 0 Å². The third kappa shape index (κ3) is 3.53. The van der Waals surface area contributed by atoms with Gasteiger partial charge >= 0.3 is 0 Å². The van der Waals surface area contributed by atoms with E-state index in [1.807, 2.05) is 0 Å². The second-order valence-corrected chi connectivity index (χ2v) is 4.94. The molecular formula is C14H24N2. The average Bonchev–Trinajstić information content (AvgIpc) is 2.25. The summed E-state index contributed by atoms with van der Waals surface area (Å²) in [5, 5.41) is 0. The molecule has 0 aromatic heterocycles. The van der Waals surface area contributed by atoms with Crippen LogP contribution in [0.15, 0.2) is 24.3 Å². The van der Waals surface area contributed by atoms with Gasteiger partial charge in [-0.1, -0.05) is 32.0 Å². The van der Waals surface area contributed by atoms with Gasteiger partial charge in [0, 0.05) is 25.8 Å². The Balaban J connectivity index is 2.77. The van der Waals surface area contributed by atoms with Crippen molar-refractivity contribution in [1.29, 1.82) is 0 Å². The van der Waals surface area contributed by atoms with Crippen LogP contribution in [0.2, 0.25) is 0 Å². The molecule has 0 aliphatic carbocycles. The molecule has 0 N–H and O–H groups in total. The maximum Gasteiger partial charge on any atom is 0.0399 e. The van der Waals surface area contributed by atoms with Gasteiger partial charge in [0.05, 0.1) is 0 Å². The van der Waals surface area contributed by atoms with Crippen LogP contribution in [0.25, 0.3) is 0 Å². The van der Waals surface area contributed by atoms with E-state index in [1.165, 1.54) is 11.3 Å². The number of anilines is 1. The Morgan fingerprint density at radius 3 is 2.19 bits per heavy atom. The molecule has 0 fully saturated rings. The highest BCUT2D eigenvalue weighted by atomic mass is 15.2. The highest BCUT2D eigenvalue weighted by molar-refractivity contribution is 5.54. The Morgan fingerprint density at radius 1 is 1.00 bits per heavy atom. The van der Waals surface area contributed by atoms with Gasteiger partial charge in [-0.05, 0) is 31.6 Å². The van der Waals surface area contributed by atoms with Crippen molar-refractivity contribution in [2.75, 3.05) is 39.1 Å². The first-order chi connectivity index (χ1) is 7.52. The molecule has 0 heterocycles. The minimum absolute atomic E-state index is 0.581. The summed E-state index contributed by atoms with van der Waals surface area (Å²) in [6.07, 6.45) is 0. The van der Waals surface area contributed by atoms with Gasteiger partial charge < -0.3 is 9.80 Å². The summed E-state index contributed by atoms with van der Waals surface area (Å²) >= 11 is 0. The lowest BCUT2D eigenvalue weighted by molar-refractivity contribution is 0.416. The quantitative estimate of drug-likeness (QED) is 0.753. The largest absolute Gasteiger partial charge is 0.373 e. The lowest BCUT2D eigenvalue weighted by Crippen LogP contribution is -2.29. The molecule has 90 valence electrons. The molecule has 0 unspecified atom stereocenters. The van der Waals surface area contributed by atoms with Gasteiger partial charge in [-0.2, -0.15) is 0 Å². The average molecular weight is 220 g/mol. The van der Waals surface area contributed by atoms with Crippen LogP contribution in [-0.2, 0) is 0 Å². The fourth-order valence-electron chi connectivity index (χ4n) is 1.79. The molecule has 1 aromatic rings. The van der Waals surface area contributed by atoms with Crippen LogP contribution in [0.1, 0.15) is 25.3 Å². The van der Waals surface area contributed by atoms with Gasteiger partial charge in [0.1, 0.15) is 0 Å². The van der Waals surface area contributed by atoms with E-state index >= 15 is 0 Å². The van der Waals surface area contributed by atoms with Gasteiger partial charge in [0.15, 0.2) is 0 Å². The maximum atomic E-state index is 2.34. The fourth-order valence-corrected chi connectivity index (χ4v) is 1.79. The summed E-state index contributed by atoms with van der Waals surface area (Å²) in [5.41, 5.74) is 2.79. The molecule has 0 saturated carbocycles. The van der Waals surface area contributed by atoms with Crippen LogP contribution < -0.4 is 4.90 Å². The lowest BCUT2D eigenvalue weighted by atomic mass is 10.0. The van der Waals surface area contributed by atoms with Gasteiger partial charge in [-0.15, -0.1) is 0 Å². The van der Waals surface area contributed by atoms with E-state index in [2.05, 4.69) is 69.1 Å². The molecule has 0 aliphatic rings. The molecule has 0 bridgehead atoms. The molecule has 0 saturated heterocycles. The Bertz CT molecular complexity index is 318. The molecule has 1 rings (SSSR count). The van der Waals surface area contributed by atoms with E-state index in [9.17, 15) is 0 Å². The van der Waals surface area contributed by atoms with Crippen molar-refractivity contribution in [2.45, 2.75) is 19.8 Å². The topological polar surface area (TPSA) is 6.48 Å². The zero-order valence-electron chi connectivity index (χ0n) is 11.2. The SMILES string of the molecule is CC(C)c1ccccc1N(C)CCN(C)C. The van der Waals surface area contributed by atoms with Gasteiger partial charge in [0.25, 0.3) is 0 Å². The number of benzene rings is 1. The molecule has 1 aromatic carbocycles. The first kappa shape index (κ1) is 13.0. The predicted molar refractivity (Wildman–Crippen MR) is 72.4 cm³/mol. The Hall–Kier alpha value is -1.02. The van der Waals surface area contributed by atoms with Crippen LogP contribution in [0.5, 0.6) is 0 Å². The van der Waals surface area contributed by atoms with E-state index in [-0.39, 0.29) is 0 Å². The first-order valence-corrected chi connectivity index (χ1v) is 5.97. The predicted octanol–water partition coefficient (Wildman–Crippen LogP) is 2.81. The molecule has 0 spiro atoms. The summed E-state index contributed by atoms with van der Waals surface area (Å²) in [6, 6.07) is 8.68. The second-order valence-electron chi connectivity index (χ2n) is 4.94. The van der Waals surface area contributed by atoms with Crippen molar-refractivity contribution in [2.24, 2.45) is 0 Å². The number of para-hydroxylation sites is 1. The number of likely N-dealkylation sites (N-methyl/N-ethyl adjacent to an activating group) is 2. The fraction of sp³-hybridized carbons (Fsp3) is 0.571. The Labute approximate surface area is 99.9 Å². The van der Waals surface area contributed by atoms with E-state index in [4.69, 9.17) is 0 Å². The van der Waals surface area contributed by atoms with Gasteiger partial charge in [-0.3, -0.25) is 0 Å². The smallest absolute Gasteiger partial charge is 0.0399 e. The molecular weight excluding hydrogens is 196 g/mol. The molecule has 2 heteroatoms. The standard InChI is InChI=1S/C14H24N2/c1-12(2)13-8-6-7-9-14(13)16(5)11-10-15(3)4/h6-9,12H,10-11H2,1-5H3. The number of hydrogen-bond acceptors (Lipinski definition) is 2. The molecule has 16 heavy (non-hydrogen) atoms. The highest BCUT2D eigenvalue weighted by Gasteiger charge is 2.09. The summed E-state index contributed by atoms with van der Waals surface area (Å²) in [6.45, 7) is 6.65. The van der Waals surface area contributed by atoms with Crippen LogP contribution in [0.4, 0.5) is 5.69 Å². The molecule has 0 radical (unpaired) electrons. The second kappa shape index (κ2) is 5.90. The van der Waals surface area contributed by atoms with Gasteiger partial charge in [0.2, 0.25) is 0 Å². The molecule has 0 aliphatic heterocycles. The summed E-state index contributed by atoms with van der Waals surface area (Å²) in [5.74, 6) is 0.581. The molecule has 0 amide bonds. The van der Waals surface area contributed by atoms with Gasteiger partial charge in [-0.25, -0.2) is 0 Å². The lowest BCUT2D eigenvalue weighted by Gasteiger charge is -2.25. The van der Waals surface area contributed by atoms with Crippen molar-refractivity contribution >= 4 is 5.69 Å². The highest BCUT2D eigenvalue weighted by Crippen LogP contribution is 2.26. The van der Waals surface area contributed by atoms with Crippen LogP contribution in [-0.4, -0.2) is 39.1 Å². The summed E-state index contributed by atoms with van der Waals surface area (Å²) < 4.78 is 0. The van der Waals surface area contributed by atoms with Crippen LogP contribution >= 0.6 is 0 Å². The van der Waals surface area contributed by atoms with E-state index in [0.717, 1.165) is 13.1 Å². The monoisotopic (exact) mass is 220 g/mol. The third-order valence-corrected chi connectivity index (χ3v) is 2.85. The molecule has 0 atom stereocenters. The first-order valence-electron chi connectivity index (χ1n) is 5.97. The number of rotatable bonds is 5. The Morgan fingerprint density at radius 2 is 1.62 bits per heavy atom. The summed E-state index contributed by atoms with van der Waals surface area (Å²) in [7, 11) is 6.40. The van der Waals surface area contributed by atoms with Crippen molar-refractivity contribution in [3.05, 3.63) is 29.8 Å². The zero-order valence-corrected chi connectivity index (χ0v) is 11.2. The summed E-state index contributed by atoms with van der Waals surface area (Å²) in [4.78, 5) is 4.56. The maximum absolute atomic E-state index is 2.34. The normalized spacial score (nSPS) is 11.2. The van der Waals surface area contributed by atoms with E-state index in [0.29, 0.717) is 5.92 Å². The Kier molecular flexibility index (Phi) is 4.81. The van der Waals surface area contributed by atoms with Crippen molar-refractivity contribution < 1.29 is 0 Å². The minimum atomic E-state index is 0.581. The van der Waals surface area contributed by atoms with E-state index in [1.54, 1.807) is 0 Å². The molecule has 2 nitrogen and oxygen atoms in total. The number of nitrogens with zero attached hydrogens (tertiary/aromatic N) is 2. The number of hydrogen-bond donors (Lipinski definition) is 0.